The number of hydrogen-bond acceptors (Lipinski definition) is 2. The minimum Gasteiger partial charge on any atom is -1.00 e. The molecule has 0 radical (unpaired) electrons. The van der Waals surface area contributed by atoms with Gasteiger partial charge in [-0.15, -0.1) is 0 Å². The van der Waals surface area contributed by atoms with Crippen molar-refractivity contribution in [2.45, 2.75) is 39.5 Å². The van der Waals surface area contributed by atoms with E-state index in [9.17, 15) is 4.79 Å². The van der Waals surface area contributed by atoms with Crippen molar-refractivity contribution in [1.29, 1.82) is 0 Å². The fraction of sp³-hybridized carbons (Fsp3) is 0.500. The van der Waals surface area contributed by atoms with E-state index in [1.54, 1.807) is 0 Å². The topological polar surface area (TPSA) is 53.9 Å². The summed E-state index contributed by atoms with van der Waals surface area (Å²) in [5.41, 5.74) is 5.72. The van der Waals surface area contributed by atoms with Crippen molar-refractivity contribution in [3.63, 3.8) is 0 Å². The molecular formula is C14H22ClNO2. The first-order chi connectivity index (χ1) is 7.97. The molecule has 0 aliphatic carbocycles. The highest BCUT2D eigenvalue weighted by Crippen LogP contribution is 2.34. The molecule has 0 atom stereocenters. The van der Waals surface area contributed by atoms with Crippen molar-refractivity contribution < 1.29 is 27.7 Å². The Morgan fingerprint density at radius 1 is 1.17 bits per heavy atom. The van der Waals surface area contributed by atoms with Crippen LogP contribution in [0.5, 0.6) is 5.75 Å². The predicted octanol–water partition coefficient (Wildman–Crippen LogP) is -0.915. The van der Waals surface area contributed by atoms with Crippen LogP contribution in [-0.4, -0.2) is 12.5 Å². The highest BCUT2D eigenvalue weighted by molar-refractivity contribution is 5.74. The molecule has 1 aromatic rings. The van der Waals surface area contributed by atoms with Gasteiger partial charge in [-0.05, 0) is 23.0 Å². The Hall–Kier alpha value is -1.06. The molecule has 0 aliphatic rings. The Labute approximate surface area is 115 Å². The zero-order valence-corrected chi connectivity index (χ0v) is 12.3. The fourth-order valence-corrected chi connectivity index (χ4v) is 1.77. The second kappa shape index (κ2) is 7.39. The third kappa shape index (κ3) is 4.00. The standard InChI is InChI=1S/C14H21NO2.ClH/c1-9(2)11-6-5-7-12(10(3)4)14(11)17-13(16)8-15;/h5-7,9-10H,8,15H2,1-4H3;1H. The van der Waals surface area contributed by atoms with Gasteiger partial charge in [-0.25, -0.2) is 4.79 Å². The Kier molecular flexibility index (Phi) is 6.96. The Bertz CT molecular complexity index is 377. The van der Waals surface area contributed by atoms with Crippen molar-refractivity contribution in [2.24, 2.45) is 0 Å². The zero-order valence-electron chi connectivity index (χ0n) is 11.5. The van der Waals surface area contributed by atoms with Crippen LogP contribution in [-0.2, 0) is 4.79 Å². The third-order valence-corrected chi connectivity index (χ3v) is 2.74. The van der Waals surface area contributed by atoms with Gasteiger partial charge in [0.25, 0.3) is 0 Å². The summed E-state index contributed by atoms with van der Waals surface area (Å²) in [6.07, 6.45) is 0. The molecule has 0 bridgehead atoms. The Morgan fingerprint density at radius 2 is 1.61 bits per heavy atom. The molecule has 3 N–H and O–H groups in total. The molecule has 0 saturated carbocycles. The molecule has 18 heavy (non-hydrogen) atoms. The summed E-state index contributed by atoms with van der Waals surface area (Å²) in [5.74, 6) is 1.12. The van der Waals surface area contributed by atoms with Crippen LogP contribution in [0.15, 0.2) is 18.2 Å². The number of benzene rings is 1. The molecule has 0 heterocycles. The highest BCUT2D eigenvalue weighted by Gasteiger charge is 2.17. The van der Waals surface area contributed by atoms with Crippen molar-refractivity contribution in [1.82, 2.24) is 0 Å². The lowest BCUT2D eigenvalue weighted by Crippen LogP contribution is -3.00. The van der Waals surface area contributed by atoms with Gasteiger partial charge in [-0.3, -0.25) is 0 Å². The Balaban J connectivity index is 0.00000289. The second-order valence-corrected chi connectivity index (χ2v) is 4.80. The van der Waals surface area contributed by atoms with Crippen LogP contribution < -0.4 is 22.9 Å². The summed E-state index contributed by atoms with van der Waals surface area (Å²) >= 11 is 0. The minimum absolute atomic E-state index is 0. The predicted molar refractivity (Wildman–Crippen MR) is 68.0 cm³/mol. The maximum atomic E-state index is 11.4. The second-order valence-electron chi connectivity index (χ2n) is 4.80. The van der Waals surface area contributed by atoms with Gasteiger partial charge < -0.3 is 22.9 Å². The summed E-state index contributed by atoms with van der Waals surface area (Å²) in [7, 11) is 0. The number of carbonyl (C=O) groups is 1. The van der Waals surface area contributed by atoms with Gasteiger partial charge in [-0.2, -0.15) is 0 Å². The molecule has 1 aromatic carbocycles. The van der Waals surface area contributed by atoms with Gasteiger partial charge in [0.05, 0.1) is 0 Å². The third-order valence-electron chi connectivity index (χ3n) is 2.74. The van der Waals surface area contributed by atoms with Crippen LogP contribution in [0.4, 0.5) is 0 Å². The number of hydrogen-bond donors (Lipinski definition) is 1. The number of ether oxygens (including phenoxy) is 1. The summed E-state index contributed by atoms with van der Waals surface area (Å²) in [5, 5.41) is 0. The van der Waals surface area contributed by atoms with Gasteiger partial charge >= 0.3 is 5.97 Å². The Morgan fingerprint density at radius 3 is 1.94 bits per heavy atom. The largest absolute Gasteiger partial charge is 1.00 e. The quantitative estimate of drug-likeness (QED) is 0.569. The lowest BCUT2D eigenvalue weighted by atomic mass is 9.94. The SMILES string of the molecule is CC(C)c1cccc(C(C)C)c1OC(=O)C[NH3+].[Cl-]. The molecule has 0 spiro atoms. The monoisotopic (exact) mass is 271 g/mol. The van der Waals surface area contributed by atoms with E-state index in [0.29, 0.717) is 11.8 Å². The van der Waals surface area contributed by atoms with Gasteiger partial charge in [0, 0.05) is 0 Å². The van der Waals surface area contributed by atoms with Crippen LogP contribution in [0, 0.1) is 0 Å². The molecule has 0 aromatic heterocycles. The number of rotatable bonds is 4. The lowest BCUT2D eigenvalue weighted by molar-refractivity contribution is -0.358. The van der Waals surface area contributed by atoms with Crippen LogP contribution in [0.1, 0.15) is 50.7 Å². The first kappa shape index (κ1) is 16.9. The van der Waals surface area contributed by atoms with Gasteiger partial charge in [0.1, 0.15) is 5.75 Å². The normalized spacial score (nSPS) is 10.4. The molecule has 3 nitrogen and oxygen atoms in total. The van der Waals surface area contributed by atoms with E-state index in [1.165, 1.54) is 0 Å². The van der Waals surface area contributed by atoms with E-state index >= 15 is 0 Å². The maximum Gasteiger partial charge on any atom is 0.366 e. The van der Waals surface area contributed by atoms with E-state index < -0.39 is 0 Å². The van der Waals surface area contributed by atoms with Gasteiger partial charge in [-0.1, -0.05) is 45.9 Å². The summed E-state index contributed by atoms with van der Waals surface area (Å²) in [6.45, 7) is 8.55. The van der Waals surface area contributed by atoms with E-state index in [-0.39, 0.29) is 24.9 Å². The van der Waals surface area contributed by atoms with Crippen molar-refractivity contribution >= 4 is 5.97 Å². The van der Waals surface area contributed by atoms with Gasteiger partial charge in [0.2, 0.25) is 0 Å². The van der Waals surface area contributed by atoms with Crippen molar-refractivity contribution in [3.05, 3.63) is 29.3 Å². The number of halogens is 1. The molecule has 102 valence electrons. The first-order valence-corrected chi connectivity index (χ1v) is 6.10. The summed E-state index contributed by atoms with van der Waals surface area (Å²) in [6, 6.07) is 6.05. The smallest absolute Gasteiger partial charge is 0.366 e. The highest BCUT2D eigenvalue weighted by atomic mass is 35.5. The summed E-state index contributed by atoms with van der Waals surface area (Å²) in [4.78, 5) is 11.4. The van der Waals surface area contributed by atoms with Crippen LogP contribution >= 0.6 is 0 Å². The molecule has 4 heteroatoms. The molecule has 0 unspecified atom stereocenters. The first-order valence-electron chi connectivity index (χ1n) is 6.10. The zero-order chi connectivity index (χ0) is 13.0. The van der Waals surface area contributed by atoms with E-state index in [0.717, 1.165) is 16.9 Å². The maximum absolute atomic E-state index is 11.4. The average molecular weight is 272 g/mol. The number of esters is 1. The molecule has 0 amide bonds. The van der Waals surface area contributed by atoms with E-state index in [1.807, 2.05) is 18.2 Å². The molecule has 0 saturated heterocycles. The van der Waals surface area contributed by atoms with E-state index in [2.05, 4.69) is 33.4 Å². The van der Waals surface area contributed by atoms with Gasteiger partial charge in [0.15, 0.2) is 6.54 Å². The van der Waals surface area contributed by atoms with Crippen molar-refractivity contribution in [3.8, 4) is 5.75 Å². The number of carbonyl (C=O) groups excluding carboxylic acids is 1. The summed E-state index contributed by atoms with van der Waals surface area (Å²) < 4.78 is 5.45. The average Bonchev–Trinajstić information content (AvgIpc) is 2.28. The lowest BCUT2D eigenvalue weighted by Gasteiger charge is -2.18. The minimum atomic E-state index is -0.278. The van der Waals surface area contributed by atoms with E-state index in [4.69, 9.17) is 4.74 Å². The molecule has 0 fully saturated rings. The molecule has 0 aliphatic heterocycles. The van der Waals surface area contributed by atoms with Crippen LogP contribution in [0.2, 0.25) is 0 Å². The number of quaternary nitrogens is 1. The number of para-hydroxylation sites is 1. The van der Waals surface area contributed by atoms with Crippen LogP contribution in [0.25, 0.3) is 0 Å². The fourth-order valence-electron chi connectivity index (χ4n) is 1.77. The molecule has 1 rings (SSSR count). The van der Waals surface area contributed by atoms with Crippen LogP contribution in [0.3, 0.4) is 0 Å². The van der Waals surface area contributed by atoms with Crippen molar-refractivity contribution in [2.75, 3.05) is 6.54 Å². The molecular weight excluding hydrogens is 250 g/mol.